The van der Waals surface area contributed by atoms with E-state index in [0.29, 0.717) is 29.5 Å². The van der Waals surface area contributed by atoms with Gasteiger partial charge < -0.3 is 4.42 Å². The molecule has 1 amide bonds. The molecule has 1 atom stereocenters. The fourth-order valence-corrected chi connectivity index (χ4v) is 2.22. The number of nitrogens with one attached hydrogen (secondary N) is 1. The van der Waals surface area contributed by atoms with Gasteiger partial charge in [0.15, 0.2) is 0 Å². The second-order valence-electron chi connectivity index (χ2n) is 5.04. The number of furan rings is 1. The smallest absolute Gasteiger partial charge is 0.269 e. The Kier molecular flexibility index (Phi) is 4.42. The van der Waals surface area contributed by atoms with Crippen LogP contribution < -0.4 is 11.3 Å². The number of rotatable bonds is 5. The highest BCUT2D eigenvalue weighted by Crippen LogP contribution is 2.27. The first-order valence-corrected chi connectivity index (χ1v) is 6.80. The van der Waals surface area contributed by atoms with E-state index in [2.05, 4.69) is 24.2 Å². The van der Waals surface area contributed by atoms with Crippen molar-refractivity contribution in [3.8, 4) is 0 Å². The number of hydrazine groups is 1. The molecule has 0 aliphatic rings. The summed E-state index contributed by atoms with van der Waals surface area (Å²) in [5, 5.41) is 0.794. The maximum absolute atomic E-state index is 12.0. The zero-order valence-electron chi connectivity index (χ0n) is 12.1. The fraction of sp³-hybridized carbons (Fsp3) is 0.400. The Labute approximate surface area is 118 Å². The predicted octanol–water partition coefficient (Wildman–Crippen LogP) is 2.27. The first-order chi connectivity index (χ1) is 9.58. The average Bonchev–Trinajstić information content (AvgIpc) is 2.83. The van der Waals surface area contributed by atoms with Gasteiger partial charge in [0.05, 0.1) is 12.1 Å². The Morgan fingerprint density at radius 1 is 1.45 bits per heavy atom. The Morgan fingerprint density at radius 2 is 2.15 bits per heavy atom. The van der Waals surface area contributed by atoms with Crippen molar-refractivity contribution in [1.82, 2.24) is 10.3 Å². The lowest BCUT2D eigenvalue weighted by atomic mass is 10.1. The largest absolute Gasteiger partial charge is 0.459 e. The molecule has 0 saturated carbocycles. The van der Waals surface area contributed by atoms with Crippen LogP contribution in [0.15, 0.2) is 28.7 Å². The highest BCUT2D eigenvalue weighted by molar-refractivity contribution is 6.07. The number of hydrogen-bond acceptors (Lipinski definition) is 4. The van der Waals surface area contributed by atoms with Crippen LogP contribution in [0.1, 0.15) is 36.4 Å². The molecule has 1 aromatic carbocycles. The zero-order valence-corrected chi connectivity index (χ0v) is 12.1. The van der Waals surface area contributed by atoms with Gasteiger partial charge in [-0.25, -0.2) is 5.84 Å². The Bertz CT molecular complexity index is 606. The minimum atomic E-state index is -0.317. The number of benzene rings is 1. The quantitative estimate of drug-likeness (QED) is 0.499. The van der Waals surface area contributed by atoms with E-state index in [9.17, 15) is 4.79 Å². The van der Waals surface area contributed by atoms with Crippen molar-refractivity contribution in [3.05, 3.63) is 35.6 Å². The van der Waals surface area contributed by atoms with E-state index in [1.54, 1.807) is 0 Å². The van der Waals surface area contributed by atoms with E-state index in [1.165, 1.54) is 0 Å². The summed E-state index contributed by atoms with van der Waals surface area (Å²) in [4.78, 5) is 14.2. The van der Waals surface area contributed by atoms with Gasteiger partial charge in [-0.3, -0.25) is 15.1 Å². The Hall–Kier alpha value is -1.85. The number of nitrogens with zero attached hydrogens (tertiary/aromatic N) is 1. The molecule has 20 heavy (non-hydrogen) atoms. The topological polar surface area (TPSA) is 71.5 Å². The van der Waals surface area contributed by atoms with Crippen molar-refractivity contribution in [1.29, 1.82) is 0 Å². The van der Waals surface area contributed by atoms with Gasteiger partial charge in [0, 0.05) is 11.4 Å². The van der Waals surface area contributed by atoms with E-state index in [-0.39, 0.29) is 5.91 Å². The third kappa shape index (κ3) is 2.69. The molecular formula is C15H21N3O2. The van der Waals surface area contributed by atoms with E-state index in [1.807, 2.05) is 31.3 Å². The van der Waals surface area contributed by atoms with Gasteiger partial charge in [0.25, 0.3) is 5.91 Å². The molecule has 0 aliphatic heterocycles. The summed E-state index contributed by atoms with van der Waals surface area (Å²) in [6.45, 7) is 4.85. The molecular weight excluding hydrogens is 254 g/mol. The number of carbonyl (C=O) groups excluding carboxylic acids is 1. The van der Waals surface area contributed by atoms with E-state index in [0.717, 1.165) is 11.8 Å². The lowest BCUT2D eigenvalue weighted by Crippen LogP contribution is -2.32. The van der Waals surface area contributed by atoms with Crippen LogP contribution in [0.2, 0.25) is 0 Å². The molecule has 0 fully saturated rings. The van der Waals surface area contributed by atoms with Crippen LogP contribution in [0.25, 0.3) is 11.0 Å². The molecule has 0 radical (unpaired) electrons. The molecule has 3 N–H and O–H groups in total. The number of nitrogen functional groups attached to an aromatic ring is 1. The number of amides is 1. The molecule has 2 aromatic rings. The number of hydrogen-bond donors (Lipinski definition) is 2. The van der Waals surface area contributed by atoms with Gasteiger partial charge in [-0.05, 0) is 26.5 Å². The number of nitrogens with two attached hydrogens (primary N) is 1. The Morgan fingerprint density at radius 3 is 2.80 bits per heavy atom. The molecule has 0 spiro atoms. The van der Waals surface area contributed by atoms with Gasteiger partial charge in [-0.2, -0.15) is 0 Å². The highest BCUT2D eigenvalue weighted by Gasteiger charge is 2.21. The first kappa shape index (κ1) is 14.6. The summed E-state index contributed by atoms with van der Waals surface area (Å²) >= 11 is 0. The molecule has 5 nitrogen and oxygen atoms in total. The number of carbonyl (C=O) groups is 1. The second kappa shape index (κ2) is 6.07. The van der Waals surface area contributed by atoms with Crippen molar-refractivity contribution in [2.45, 2.75) is 32.9 Å². The summed E-state index contributed by atoms with van der Waals surface area (Å²) in [6, 6.07) is 7.91. The second-order valence-corrected chi connectivity index (χ2v) is 5.04. The van der Waals surface area contributed by atoms with Gasteiger partial charge in [0.1, 0.15) is 11.3 Å². The van der Waals surface area contributed by atoms with Crippen LogP contribution in [-0.4, -0.2) is 23.9 Å². The number of fused-ring (bicyclic) bond motifs is 1. The van der Waals surface area contributed by atoms with Crippen LogP contribution in [0, 0.1) is 0 Å². The van der Waals surface area contributed by atoms with E-state index < -0.39 is 0 Å². The van der Waals surface area contributed by atoms with Crippen LogP contribution in [0.3, 0.4) is 0 Å². The van der Waals surface area contributed by atoms with Gasteiger partial charge in [0.2, 0.25) is 0 Å². The average molecular weight is 275 g/mol. The molecule has 2 rings (SSSR count). The fourth-order valence-electron chi connectivity index (χ4n) is 2.22. The van der Waals surface area contributed by atoms with Crippen LogP contribution in [0.4, 0.5) is 0 Å². The predicted molar refractivity (Wildman–Crippen MR) is 79.1 cm³/mol. The zero-order chi connectivity index (χ0) is 14.7. The summed E-state index contributed by atoms with van der Waals surface area (Å²) in [6.07, 6.45) is 1.04. The minimum absolute atomic E-state index is 0.317. The van der Waals surface area contributed by atoms with Crippen molar-refractivity contribution in [3.63, 3.8) is 0 Å². The lowest BCUT2D eigenvalue weighted by Gasteiger charge is -2.22. The van der Waals surface area contributed by atoms with Crippen molar-refractivity contribution in [2.24, 2.45) is 5.84 Å². The minimum Gasteiger partial charge on any atom is -0.459 e. The molecule has 1 heterocycles. The van der Waals surface area contributed by atoms with Gasteiger partial charge in [-0.1, -0.05) is 25.1 Å². The van der Waals surface area contributed by atoms with E-state index >= 15 is 0 Å². The third-order valence-corrected chi connectivity index (χ3v) is 3.76. The van der Waals surface area contributed by atoms with Crippen LogP contribution in [-0.2, 0) is 6.54 Å². The monoisotopic (exact) mass is 275 g/mol. The maximum atomic E-state index is 12.0. The molecule has 0 bridgehead atoms. The molecule has 108 valence electrons. The standard InChI is InChI=1S/C15H21N3O2/c1-4-10(2)18(3)9-13-14(15(19)17-16)11-7-5-6-8-12(11)20-13/h5-8,10H,4,9,16H2,1-3H3,(H,17,19). The van der Waals surface area contributed by atoms with Crippen molar-refractivity contribution in [2.75, 3.05) is 7.05 Å². The van der Waals surface area contributed by atoms with Gasteiger partial charge in [-0.15, -0.1) is 0 Å². The highest BCUT2D eigenvalue weighted by atomic mass is 16.3. The molecule has 0 aliphatic carbocycles. The van der Waals surface area contributed by atoms with Crippen molar-refractivity contribution < 1.29 is 9.21 Å². The normalized spacial score (nSPS) is 12.8. The molecule has 5 heteroatoms. The molecule has 1 unspecified atom stereocenters. The molecule has 0 saturated heterocycles. The Balaban J connectivity index is 2.44. The summed E-state index contributed by atoms with van der Waals surface area (Å²) in [7, 11) is 2.02. The summed E-state index contributed by atoms with van der Waals surface area (Å²) in [5.41, 5.74) is 3.43. The van der Waals surface area contributed by atoms with Crippen LogP contribution >= 0.6 is 0 Å². The summed E-state index contributed by atoms with van der Waals surface area (Å²) in [5.74, 6) is 5.62. The van der Waals surface area contributed by atoms with Crippen LogP contribution in [0.5, 0.6) is 0 Å². The summed E-state index contributed by atoms with van der Waals surface area (Å²) < 4.78 is 5.83. The third-order valence-electron chi connectivity index (χ3n) is 3.76. The SMILES string of the molecule is CCC(C)N(C)Cc1oc2ccccc2c1C(=O)NN. The van der Waals surface area contributed by atoms with Crippen molar-refractivity contribution >= 4 is 16.9 Å². The number of para-hydroxylation sites is 1. The molecule has 1 aromatic heterocycles. The first-order valence-electron chi connectivity index (χ1n) is 6.80. The maximum Gasteiger partial charge on any atom is 0.269 e. The van der Waals surface area contributed by atoms with Gasteiger partial charge >= 0.3 is 0 Å². The van der Waals surface area contributed by atoms with E-state index in [4.69, 9.17) is 10.3 Å². The lowest BCUT2D eigenvalue weighted by molar-refractivity contribution is 0.0951.